The fraction of sp³-hybridized carbons (Fsp3) is 0.750. The number of rotatable bonds is 3. The van der Waals surface area contributed by atoms with Gasteiger partial charge in [0.2, 0.25) is 5.94 Å². The summed E-state index contributed by atoms with van der Waals surface area (Å²) in [6.45, 7) is 0.478. The van der Waals surface area contributed by atoms with Crippen molar-refractivity contribution in [2.24, 2.45) is 5.92 Å². The van der Waals surface area contributed by atoms with Crippen molar-refractivity contribution < 1.29 is 27.9 Å². The molecule has 1 saturated heterocycles. The van der Waals surface area contributed by atoms with Crippen LogP contribution in [0.5, 0.6) is 0 Å². The average molecular weight is 286 g/mol. The Morgan fingerprint density at radius 1 is 1.35 bits per heavy atom. The lowest BCUT2D eigenvalue weighted by atomic mass is 9.97. The first-order valence-corrected chi connectivity index (χ1v) is 7.34. The van der Waals surface area contributed by atoms with Crippen molar-refractivity contribution in [1.82, 2.24) is 4.90 Å². The largest absolute Gasteiger partial charge is 0.465 e. The molecule has 0 unspecified atom stereocenters. The van der Waals surface area contributed by atoms with E-state index in [0.717, 1.165) is 0 Å². The summed E-state index contributed by atoms with van der Waals surface area (Å²) >= 11 is 0. The SMILES string of the molecule is O=C(OCS(=O)(=O)Cl)C1CCN(C(=O)O)CC1. The molecule has 98 valence electrons. The van der Waals surface area contributed by atoms with E-state index in [-0.39, 0.29) is 13.1 Å². The number of amides is 1. The van der Waals surface area contributed by atoms with Crippen molar-refractivity contribution in [2.75, 3.05) is 19.0 Å². The molecule has 1 aliphatic heterocycles. The number of halogens is 1. The summed E-state index contributed by atoms with van der Waals surface area (Å²) < 4.78 is 25.6. The Balaban J connectivity index is 2.38. The first kappa shape index (κ1) is 14.0. The third-order valence-electron chi connectivity index (χ3n) is 2.44. The van der Waals surface area contributed by atoms with E-state index in [2.05, 4.69) is 4.74 Å². The van der Waals surface area contributed by atoms with Gasteiger partial charge in [0.05, 0.1) is 5.92 Å². The smallest absolute Gasteiger partial charge is 0.407 e. The van der Waals surface area contributed by atoms with Crippen LogP contribution in [0.4, 0.5) is 4.79 Å². The van der Waals surface area contributed by atoms with Crippen LogP contribution in [-0.2, 0) is 18.6 Å². The van der Waals surface area contributed by atoms with Crippen LogP contribution < -0.4 is 0 Å². The van der Waals surface area contributed by atoms with Crippen molar-refractivity contribution >= 4 is 31.8 Å². The second-order valence-electron chi connectivity index (χ2n) is 3.66. The van der Waals surface area contributed by atoms with E-state index >= 15 is 0 Å². The minimum absolute atomic E-state index is 0.239. The van der Waals surface area contributed by atoms with Gasteiger partial charge >= 0.3 is 12.1 Å². The summed E-state index contributed by atoms with van der Waals surface area (Å²) in [5.41, 5.74) is 0. The molecular formula is C8H12ClNO6S. The van der Waals surface area contributed by atoms with E-state index in [1.807, 2.05) is 0 Å². The standard InChI is InChI=1S/C8H12ClNO6S/c9-17(14,15)5-16-7(11)6-1-3-10(4-2-6)8(12)13/h6H,1-5H2,(H,12,13). The molecule has 0 spiro atoms. The van der Waals surface area contributed by atoms with E-state index in [0.29, 0.717) is 12.8 Å². The zero-order chi connectivity index (χ0) is 13.1. The summed E-state index contributed by atoms with van der Waals surface area (Å²) in [6, 6.07) is 0. The van der Waals surface area contributed by atoms with Crippen LogP contribution in [0.2, 0.25) is 0 Å². The number of hydrogen-bond donors (Lipinski definition) is 1. The molecule has 0 aromatic heterocycles. The van der Waals surface area contributed by atoms with Crippen LogP contribution in [-0.4, -0.2) is 49.5 Å². The van der Waals surface area contributed by atoms with Gasteiger partial charge in [-0.1, -0.05) is 0 Å². The Bertz CT molecular complexity index is 400. The van der Waals surface area contributed by atoms with E-state index in [9.17, 15) is 18.0 Å². The number of nitrogens with zero attached hydrogens (tertiary/aromatic N) is 1. The molecule has 0 saturated carbocycles. The number of ether oxygens (including phenoxy) is 1. The van der Waals surface area contributed by atoms with Gasteiger partial charge in [0, 0.05) is 23.8 Å². The molecule has 0 aromatic carbocycles. The minimum Gasteiger partial charge on any atom is -0.465 e. The number of carbonyl (C=O) groups excluding carboxylic acids is 1. The topological polar surface area (TPSA) is 101 Å². The molecule has 0 atom stereocenters. The molecular weight excluding hydrogens is 274 g/mol. The lowest BCUT2D eigenvalue weighted by Crippen LogP contribution is -2.40. The molecule has 0 bridgehead atoms. The van der Waals surface area contributed by atoms with Crippen molar-refractivity contribution in [3.05, 3.63) is 0 Å². The quantitative estimate of drug-likeness (QED) is 0.596. The average Bonchev–Trinajstić information content (AvgIpc) is 2.25. The van der Waals surface area contributed by atoms with E-state index in [4.69, 9.17) is 15.8 Å². The summed E-state index contributed by atoms with van der Waals surface area (Å²) in [7, 11) is 1.03. The number of hydrogen-bond acceptors (Lipinski definition) is 5. The van der Waals surface area contributed by atoms with Gasteiger partial charge in [-0.05, 0) is 12.8 Å². The van der Waals surface area contributed by atoms with Crippen molar-refractivity contribution in [3.8, 4) is 0 Å². The third-order valence-corrected chi connectivity index (χ3v) is 3.11. The van der Waals surface area contributed by atoms with Crippen LogP contribution in [0, 0.1) is 5.92 Å². The zero-order valence-corrected chi connectivity index (χ0v) is 10.4. The number of likely N-dealkylation sites (tertiary alicyclic amines) is 1. The summed E-state index contributed by atoms with van der Waals surface area (Å²) in [5, 5.41) is 8.69. The lowest BCUT2D eigenvalue weighted by molar-refractivity contribution is -0.147. The number of carboxylic acid groups (broad SMARTS) is 1. The van der Waals surface area contributed by atoms with Gasteiger partial charge in [0.1, 0.15) is 0 Å². The fourth-order valence-electron chi connectivity index (χ4n) is 1.55. The maximum Gasteiger partial charge on any atom is 0.407 e. The van der Waals surface area contributed by atoms with Crippen molar-refractivity contribution in [2.45, 2.75) is 12.8 Å². The van der Waals surface area contributed by atoms with E-state index in [1.165, 1.54) is 4.90 Å². The first-order valence-electron chi connectivity index (χ1n) is 4.86. The molecule has 1 amide bonds. The van der Waals surface area contributed by atoms with Crippen LogP contribution in [0.15, 0.2) is 0 Å². The maximum atomic E-state index is 11.4. The number of esters is 1. The zero-order valence-electron chi connectivity index (χ0n) is 8.83. The lowest BCUT2D eigenvalue weighted by Gasteiger charge is -2.28. The van der Waals surface area contributed by atoms with Gasteiger partial charge in [-0.3, -0.25) is 4.79 Å². The molecule has 1 heterocycles. The predicted molar refractivity (Wildman–Crippen MR) is 58.1 cm³/mol. The highest BCUT2D eigenvalue weighted by molar-refractivity contribution is 8.13. The van der Waals surface area contributed by atoms with Gasteiger partial charge in [-0.15, -0.1) is 0 Å². The molecule has 0 aromatic rings. The van der Waals surface area contributed by atoms with Crippen molar-refractivity contribution in [1.29, 1.82) is 0 Å². The fourth-order valence-corrected chi connectivity index (χ4v) is 1.94. The Hall–Kier alpha value is -1.02. The second-order valence-corrected chi connectivity index (χ2v) is 6.39. The molecule has 17 heavy (non-hydrogen) atoms. The molecule has 1 rings (SSSR count). The Kier molecular flexibility index (Phi) is 4.58. The van der Waals surface area contributed by atoms with Crippen LogP contribution in [0.3, 0.4) is 0 Å². The highest BCUT2D eigenvalue weighted by Crippen LogP contribution is 2.19. The highest BCUT2D eigenvalue weighted by Gasteiger charge is 2.28. The van der Waals surface area contributed by atoms with Gasteiger partial charge in [-0.25, -0.2) is 13.2 Å². The molecule has 1 N–H and O–H groups in total. The van der Waals surface area contributed by atoms with Gasteiger partial charge in [0.25, 0.3) is 9.05 Å². The Morgan fingerprint density at radius 2 is 1.88 bits per heavy atom. The monoisotopic (exact) mass is 285 g/mol. The van der Waals surface area contributed by atoms with Gasteiger partial charge < -0.3 is 14.7 Å². The Labute approximate surface area is 103 Å². The van der Waals surface area contributed by atoms with E-state index < -0.39 is 33.0 Å². The third kappa shape index (κ3) is 4.78. The Morgan fingerprint density at radius 3 is 2.29 bits per heavy atom. The predicted octanol–water partition coefficient (Wildman–Crippen LogP) is 0.446. The number of piperidine rings is 1. The van der Waals surface area contributed by atoms with E-state index in [1.54, 1.807) is 0 Å². The van der Waals surface area contributed by atoms with Crippen LogP contribution in [0.25, 0.3) is 0 Å². The normalized spacial score (nSPS) is 17.8. The highest BCUT2D eigenvalue weighted by atomic mass is 35.7. The molecule has 9 heteroatoms. The van der Waals surface area contributed by atoms with Gasteiger partial charge in [-0.2, -0.15) is 0 Å². The molecule has 1 aliphatic rings. The molecule has 1 fully saturated rings. The number of carbonyl (C=O) groups is 2. The maximum absolute atomic E-state index is 11.4. The summed E-state index contributed by atoms with van der Waals surface area (Å²) in [4.78, 5) is 23.2. The molecule has 7 nitrogen and oxygen atoms in total. The van der Waals surface area contributed by atoms with Crippen LogP contribution >= 0.6 is 10.7 Å². The summed E-state index contributed by atoms with van der Waals surface area (Å²) in [6.07, 6.45) is -0.374. The first-order chi connectivity index (χ1) is 7.79. The van der Waals surface area contributed by atoms with Crippen molar-refractivity contribution in [3.63, 3.8) is 0 Å². The second kappa shape index (κ2) is 5.54. The summed E-state index contributed by atoms with van der Waals surface area (Å²) in [5.74, 6) is -1.98. The minimum atomic E-state index is -3.86. The van der Waals surface area contributed by atoms with Crippen LogP contribution in [0.1, 0.15) is 12.8 Å². The molecule has 0 aliphatic carbocycles. The van der Waals surface area contributed by atoms with Gasteiger partial charge in [0.15, 0.2) is 0 Å². The molecule has 0 radical (unpaired) electrons.